The first kappa shape index (κ1) is 12.9. The monoisotopic (exact) mass is 266 g/mol. The number of furan rings is 1. The number of aromatic nitrogens is 1. The molecule has 0 aliphatic rings. The van der Waals surface area contributed by atoms with Crippen molar-refractivity contribution in [2.24, 2.45) is 0 Å². The van der Waals surface area contributed by atoms with E-state index < -0.39 is 0 Å². The van der Waals surface area contributed by atoms with Crippen LogP contribution in [0.1, 0.15) is 28.6 Å². The number of rotatable bonds is 3. The van der Waals surface area contributed by atoms with Crippen LogP contribution in [0.25, 0.3) is 11.0 Å². The van der Waals surface area contributed by atoms with Crippen LogP contribution in [0.2, 0.25) is 0 Å². The number of benzene rings is 1. The largest absolute Gasteiger partial charge is 0.459 e. The zero-order chi connectivity index (χ0) is 14.1. The van der Waals surface area contributed by atoms with E-state index in [2.05, 4.69) is 54.5 Å². The predicted molar refractivity (Wildman–Crippen MR) is 80.8 cm³/mol. The summed E-state index contributed by atoms with van der Waals surface area (Å²) in [7, 11) is 1.93. The maximum Gasteiger partial charge on any atom is 0.137 e. The molecule has 0 radical (unpaired) electrons. The number of hydrogen-bond donors (Lipinski definition) is 1. The molecule has 0 bridgehead atoms. The molecule has 0 saturated carbocycles. The van der Waals surface area contributed by atoms with E-state index in [0.29, 0.717) is 0 Å². The standard InChI is InChI=1S/C17H18N2O/c1-11-7-8-19-14(9-11)16(18-3)15-10-13-6-4-5-12(2)17(13)20-15/h4-10,16,18H,1-3H3. The van der Waals surface area contributed by atoms with Gasteiger partial charge in [0.2, 0.25) is 0 Å². The van der Waals surface area contributed by atoms with Crippen LogP contribution in [-0.4, -0.2) is 12.0 Å². The third-order valence-electron chi connectivity index (χ3n) is 3.57. The third kappa shape index (κ3) is 2.21. The third-order valence-corrected chi connectivity index (χ3v) is 3.57. The maximum absolute atomic E-state index is 6.04. The highest BCUT2D eigenvalue weighted by Gasteiger charge is 2.18. The zero-order valence-corrected chi connectivity index (χ0v) is 12.0. The Bertz CT molecular complexity index is 746. The normalized spacial score (nSPS) is 12.8. The van der Waals surface area contributed by atoms with Crippen molar-refractivity contribution in [2.75, 3.05) is 7.05 Å². The van der Waals surface area contributed by atoms with Gasteiger partial charge < -0.3 is 9.73 Å². The van der Waals surface area contributed by atoms with E-state index in [1.165, 1.54) is 5.56 Å². The van der Waals surface area contributed by atoms with E-state index >= 15 is 0 Å². The molecular weight excluding hydrogens is 248 g/mol. The second-order valence-electron chi connectivity index (χ2n) is 5.12. The fourth-order valence-electron chi connectivity index (χ4n) is 2.52. The second-order valence-corrected chi connectivity index (χ2v) is 5.12. The smallest absolute Gasteiger partial charge is 0.137 e. The first-order valence-corrected chi connectivity index (χ1v) is 6.78. The van der Waals surface area contributed by atoms with Crippen molar-refractivity contribution in [3.63, 3.8) is 0 Å². The van der Waals surface area contributed by atoms with Gasteiger partial charge in [0.1, 0.15) is 17.4 Å². The van der Waals surface area contributed by atoms with E-state index in [9.17, 15) is 0 Å². The summed E-state index contributed by atoms with van der Waals surface area (Å²) in [6.45, 7) is 4.13. The van der Waals surface area contributed by atoms with E-state index in [-0.39, 0.29) is 6.04 Å². The summed E-state index contributed by atoms with van der Waals surface area (Å²) in [6, 6.07) is 12.3. The molecule has 0 aliphatic heterocycles. The molecule has 3 aromatic rings. The van der Waals surface area contributed by atoms with Gasteiger partial charge in [-0.25, -0.2) is 0 Å². The van der Waals surface area contributed by atoms with Gasteiger partial charge in [0, 0.05) is 11.6 Å². The Labute approximate surface area is 118 Å². The molecule has 0 aliphatic carbocycles. The van der Waals surface area contributed by atoms with Gasteiger partial charge in [0.05, 0.1) is 5.69 Å². The van der Waals surface area contributed by atoms with Crippen molar-refractivity contribution in [2.45, 2.75) is 19.9 Å². The number of aryl methyl sites for hydroxylation is 2. The summed E-state index contributed by atoms with van der Waals surface area (Å²) in [5, 5.41) is 4.42. The predicted octanol–water partition coefficient (Wildman–Crippen LogP) is 3.75. The molecule has 0 amide bonds. The van der Waals surface area contributed by atoms with E-state index in [1.54, 1.807) is 0 Å². The van der Waals surface area contributed by atoms with Gasteiger partial charge in [-0.2, -0.15) is 0 Å². The van der Waals surface area contributed by atoms with Gasteiger partial charge in [0.25, 0.3) is 0 Å². The molecule has 0 spiro atoms. The Morgan fingerprint density at radius 1 is 1.15 bits per heavy atom. The minimum atomic E-state index is -0.0262. The van der Waals surface area contributed by atoms with Crippen LogP contribution in [0.3, 0.4) is 0 Å². The Kier molecular flexibility index (Phi) is 3.28. The molecule has 102 valence electrons. The Hall–Kier alpha value is -2.13. The Balaban J connectivity index is 2.09. The van der Waals surface area contributed by atoms with Crippen LogP contribution in [0.5, 0.6) is 0 Å². The lowest BCUT2D eigenvalue weighted by Gasteiger charge is -2.13. The lowest BCUT2D eigenvalue weighted by Crippen LogP contribution is -2.18. The van der Waals surface area contributed by atoms with Crippen LogP contribution in [0.15, 0.2) is 47.0 Å². The second kappa shape index (κ2) is 5.10. The number of hydrogen-bond acceptors (Lipinski definition) is 3. The molecule has 0 fully saturated rings. The SMILES string of the molecule is CNC(c1cc(C)ccn1)c1cc2cccc(C)c2o1. The molecule has 0 saturated heterocycles. The van der Waals surface area contributed by atoms with Crippen LogP contribution in [0, 0.1) is 13.8 Å². The first-order chi connectivity index (χ1) is 9.69. The van der Waals surface area contributed by atoms with Gasteiger partial charge in [-0.15, -0.1) is 0 Å². The lowest BCUT2D eigenvalue weighted by atomic mass is 10.1. The summed E-state index contributed by atoms with van der Waals surface area (Å²) >= 11 is 0. The number of nitrogens with zero attached hydrogens (tertiary/aromatic N) is 1. The minimum absolute atomic E-state index is 0.0262. The van der Waals surface area contributed by atoms with E-state index in [4.69, 9.17) is 4.42 Å². The van der Waals surface area contributed by atoms with Crippen molar-refractivity contribution >= 4 is 11.0 Å². The van der Waals surface area contributed by atoms with Crippen molar-refractivity contribution in [3.8, 4) is 0 Å². The number of pyridine rings is 1. The molecule has 2 heterocycles. The summed E-state index contributed by atoms with van der Waals surface area (Å²) < 4.78 is 6.04. The number of para-hydroxylation sites is 1. The Morgan fingerprint density at radius 2 is 2.00 bits per heavy atom. The molecule has 1 unspecified atom stereocenters. The topological polar surface area (TPSA) is 38.1 Å². The fourth-order valence-corrected chi connectivity index (χ4v) is 2.52. The molecule has 3 nitrogen and oxygen atoms in total. The average Bonchev–Trinajstić information content (AvgIpc) is 2.85. The Morgan fingerprint density at radius 3 is 2.70 bits per heavy atom. The molecule has 20 heavy (non-hydrogen) atoms. The summed E-state index contributed by atoms with van der Waals surface area (Å²) in [5.41, 5.74) is 4.28. The highest BCUT2D eigenvalue weighted by molar-refractivity contribution is 5.81. The van der Waals surface area contributed by atoms with Gasteiger partial charge in [-0.1, -0.05) is 18.2 Å². The first-order valence-electron chi connectivity index (χ1n) is 6.78. The quantitative estimate of drug-likeness (QED) is 0.784. The number of nitrogens with one attached hydrogen (secondary N) is 1. The summed E-state index contributed by atoms with van der Waals surface area (Å²) in [4.78, 5) is 4.46. The van der Waals surface area contributed by atoms with Crippen LogP contribution >= 0.6 is 0 Å². The van der Waals surface area contributed by atoms with Crippen LogP contribution in [0.4, 0.5) is 0 Å². The minimum Gasteiger partial charge on any atom is -0.459 e. The summed E-state index contributed by atoms with van der Waals surface area (Å²) in [6.07, 6.45) is 1.84. The van der Waals surface area contributed by atoms with Crippen molar-refractivity contribution in [3.05, 3.63) is 65.2 Å². The molecule has 2 aromatic heterocycles. The average molecular weight is 266 g/mol. The molecule has 3 rings (SSSR count). The van der Waals surface area contributed by atoms with E-state index in [0.717, 1.165) is 28.0 Å². The highest BCUT2D eigenvalue weighted by Crippen LogP contribution is 2.29. The molecule has 1 atom stereocenters. The van der Waals surface area contributed by atoms with Crippen molar-refractivity contribution in [1.29, 1.82) is 0 Å². The van der Waals surface area contributed by atoms with Gasteiger partial charge >= 0.3 is 0 Å². The summed E-state index contributed by atoms with van der Waals surface area (Å²) in [5.74, 6) is 0.898. The zero-order valence-electron chi connectivity index (χ0n) is 12.0. The van der Waals surface area contributed by atoms with Gasteiger partial charge in [-0.3, -0.25) is 4.98 Å². The fraction of sp³-hybridized carbons (Fsp3) is 0.235. The molecular formula is C17H18N2O. The van der Waals surface area contributed by atoms with Crippen molar-refractivity contribution < 1.29 is 4.42 Å². The van der Waals surface area contributed by atoms with E-state index in [1.807, 2.05) is 19.3 Å². The maximum atomic E-state index is 6.04. The number of fused-ring (bicyclic) bond motifs is 1. The molecule has 1 N–H and O–H groups in total. The van der Waals surface area contributed by atoms with Crippen LogP contribution in [-0.2, 0) is 0 Å². The van der Waals surface area contributed by atoms with Gasteiger partial charge in [0.15, 0.2) is 0 Å². The van der Waals surface area contributed by atoms with Gasteiger partial charge in [-0.05, 0) is 50.2 Å². The van der Waals surface area contributed by atoms with Crippen molar-refractivity contribution in [1.82, 2.24) is 10.3 Å². The van der Waals surface area contributed by atoms with Crippen LogP contribution < -0.4 is 5.32 Å². The lowest BCUT2D eigenvalue weighted by molar-refractivity contribution is 0.484. The highest BCUT2D eigenvalue weighted by atomic mass is 16.3. The molecule has 1 aromatic carbocycles. The molecule has 3 heteroatoms.